The fraction of sp³-hybridized carbons (Fsp3) is 0.678. The van der Waals surface area contributed by atoms with Crippen LogP contribution in [0.15, 0.2) is 72.4 Å². The molecule has 0 aliphatic carbocycles. The Hall–Kier alpha value is -4.75. The Morgan fingerprint density at radius 3 is 2.32 bits per heavy atom. The van der Waals surface area contributed by atoms with E-state index in [-0.39, 0.29) is 78.6 Å². The van der Waals surface area contributed by atoms with E-state index in [4.69, 9.17) is 4.74 Å². The van der Waals surface area contributed by atoms with Crippen LogP contribution in [0, 0.1) is 47.3 Å². The van der Waals surface area contributed by atoms with Gasteiger partial charge in [0.05, 0.1) is 42.5 Å². The maximum atomic E-state index is 14.0. The van der Waals surface area contributed by atoms with Crippen LogP contribution in [-0.4, -0.2) is 133 Å². The predicted molar refractivity (Wildman–Crippen MR) is 293 cm³/mol. The molecular formula is C59H93N5O12. The maximum absolute atomic E-state index is 14.0. The predicted octanol–water partition coefficient (Wildman–Crippen LogP) is 5.47. The first-order chi connectivity index (χ1) is 35.9. The van der Waals surface area contributed by atoms with Crippen LogP contribution in [0.1, 0.15) is 139 Å². The summed E-state index contributed by atoms with van der Waals surface area (Å²) in [6, 6.07) is 4.26. The summed E-state index contributed by atoms with van der Waals surface area (Å²) in [6.07, 6.45) is 12.1. The van der Waals surface area contributed by atoms with Crippen LogP contribution in [0.2, 0.25) is 0 Å². The van der Waals surface area contributed by atoms with E-state index in [1.54, 1.807) is 51.1 Å². The van der Waals surface area contributed by atoms with Gasteiger partial charge in [0.1, 0.15) is 29.3 Å². The SMILES string of the molecule is CC[C@@H]1C[C@@H](C)C2(NC1=O)O[C@@H](C[C@H](O)[C@@H](C)CC/C=C/C=C(\C)[C@@H](O)C/C=C/C=C/[C@H](O)[C@H](C)[C@@H](O)[C@@H](CCC(C)=O)C(=O)N[C@H](C(=O)N[C@@H](Cc1cccc(O)c1)C(=O)N1CCCCN1)C(C)C)[C@H](C)[C@H](O)C2C. The molecule has 4 amide bonds. The second-order valence-corrected chi connectivity index (χ2v) is 22.5. The molecule has 3 saturated heterocycles. The number of phenolic OH excluding ortho intramolecular Hbond substituents is 1. The molecule has 3 aliphatic rings. The third-order valence-electron chi connectivity index (χ3n) is 16.3. The zero-order valence-corrected chi connectivity index (χ0v) is 46.9. The third kappa shape index (κ3) is 17.9. The van der Waals surface area contributed by atoms with Crippen LogP contribution in [-0.2, 0) is 35.1 Å². The number of rotatable bonds is 27. The average molecular weight is 1060 g/mol. The molecular weight excluding hydrogens is 971 g/mol. The minimum atomic E-state index is -1.42. The van der Waals surface area contributed by atoms with E-state index in [9.17, 15) is 54.6 Å². The molecule has 1 spiro atoms. The molecule has 3 fully saturated rings. The number of Topliss-reactive ketones (excluding diaryl/α,β-unsaturated/α-hetero) is 1. The number of amides is 4. The summed E-state index contributed by atoms with van der Waals surface area (Å²) in [6.45, 7) is 19.2. The Morgan fingerprint density at radius 2 is 1.67 bits per heavy atom. The van der Waals surface area contributed by atoms with E-state index in [2.05, 4.69) is 28.3 Å². The Balaban J connectivity index is 1.28. The monoisotopic (exact) mass is 1060 g/mol. The van der Waals surface area contributed by atoms with Crippen LogP contribution in [0.25, 0.3) is 0 Å². The summed E-state index contributed by atoms with van der Waals surface area (Å²) in [5, 5.41) is 76.4. The summed E-state index contributed by atoms with van der Waals surface area (Å²) in [7, 11) is 0. The fourth-order valence-electron chi connectivity index (χ4n) is 10.7. The first-order valence-electron chi connectivity index (χ1n) is 27.9. The Kier molecular flexibility index (Phi) is 25.5. The number of aromatic hydroxyl groups is 1. The second kappa shape index (κ2) is 30.4. The molecule has 1 aromatic carbocycles. The standard InChI is InChI=1S/C59H93N5O12/c1-11-44-31-38(6)59(63-55(44)72)42(10)53(70)41(9)51(76-59)34-50(69)37(5)22-15-12-14-21-36(4)48(67)25-16-13-17-26-49(68)40(8)54(71)46(28-27-39(7)65)56(73)62-52(35(2)3)57(74)61-47(33-43-23-20-24-45(66)32-43)58(75)64-30-19-18-29-60-64/h12-14,16-17,20-21,23-24,26,32,35,37-38,40-42,44,46-54,60,66-71H,11,15,18-19,22,25,27-31,33-34H2,1-10H3,(H,61,74)(H,62,73)(H,63,72)/b14-12+,16-13+,26-17+,36-21+/t37-,38+,40-,41-,42?,44+,46+,47-,48-,49-,50-,51-,52-,53-,54+,59?/m0/s1. The highest BCUT2D eigenvalue weighted by atomic mass is 16.5. The molecule has 2 unspecified atom stereocenters. The quantitative estimate of drug-likeness (QED) is 0.0491. The Labute approximate surface area is 452 Å². The molecule has 17 nitrogen and oxygen atoms in total. The fourth-order valence-corrected chi connectivity index (χ4v) is 10.7. The van der Waals surface area contributed by atoms with E-state index in [0.29, 0.717) is 44.3 Å². The number of aliphatic hydroxyl groups excluding tert-OH is 5. The Bertz CT molecular complexity index is 2180. The lowest BCUT2D eigenvalue weighted by Gasteiger charge is -2.56. The zero-order chi connectivity index (χ0) is 56.4. The first kappa shape index (κ1) is 63.8. The van der Waals surface area contributed by atoms with Crippen molar-refractivity contribution in [3.8, 4) is 5.75 Å². The van der Waals surface area contributed by atoms with Gasteiger partial charge in [0.2, 0.25) is 17.7 Å². The summed E-state index contributed by atoms with van der Waals surface area (Å²) in [5.74, 6) is -5.06. The van der Waals surface area contributed by atoms with E-state index in [0.717, 1.165) is 24.8 Å². The number of hydrazine groups is 1. The van der Waals surface area contributed by atoms with Gasteiger partial charge in [0.15, 0.2) is 0 Å². The molecule has 0 bridgehead atoms. The molecule has 76 heavy (non-hydrogen) atoms. The molecule has 4 rings (SSSR count). The molecule has 0 aromatic heterocycles. The molecule has 0 radical (unpaired) electrons. The number of benzene rings is 1. The lowest BCUT2D eigenvalue weighted by atomic mass is 9.69. The van der Waals surface area contributed by atoms with Crippen molar-refractivity contribution in [2.75, 3.05) is 13.1 Å². The topological polar surface area (TPSA) is 267 Å². The number of nitrogens with zero attached hydrogens (tertiary/aromatic N) is 1. The number of hydrogen-bond donors (Lipinski definition) is 10. The molecule has 1 aromatic rings. The highest BCUT2D eigenvalue weighted by Gasteiger charge is 2.57. The maximum Gasteiger partial charge on any atom is 0.259 e. The number of phenols is 1. The van der Waals surface area contributed by atoms with E-state index in [1.807, 2.05) is 52.8 Å². The van der Waals surface area contributed by atoms with Crippen molar-refractivity contribution in [3.63, 3.8) is 0 Å². The van der Waals surface area contributed by atoms with Gasteiger partial charge in [0, 0.05) is 61.9 Å². The van der Waals surface area contributed by atoms with Crippen LogP contribution < -0.4 is 21.4 Å². The van der Waals surface area contributed by atoms with Crippen molar-refractivity contribution in [1.29, 1.82) is 0 Å². The van der Waals surface area contributed by atoms with Gasteiger partial charge >= 0.3 is 0 Å². The van der Waals surface area contributed by atoms with Crippen molar-refractivity contribution >= 4 is 29.4 Å². The van der Waals surface area contributed by atoms with Crippen LogP contribution >= 0.6 is 0 Å². The number of carbonyl (C=O) groups excluding carboxylic acids is 5. The number of ketones is 1. The molecule has 426 valence electrons. The molecule has 10 N–H and O–H groups in total. The second-order valence-electron chi connectivity index (χ2n) is 22.5. The molecule has 0 saturated carbocycles. The molecule has 16 atom stereocenters. The number of piperidine rings is 1. The van der Waals surface area contributed by atoms with Crippen LogP contribution in [0.4, 0.5) is 0 Å². The van der Waals surface area contributed by atoms with Gasteiger partial charge in [-0.15, -0.1) is 0 Å². The van der Waals surface area contributed by atoms with E-state index < -0.39 is 84.0 Å². The molecule has 17 heteroatoms. The number of carbonyl (C=O) groups is 5. The van der Waals surface area contributed by atoms with Crippen molar-refractivity contribution < 1.29 is 59.3 Å². The highest BCUT2D eigenvalue weighted by Crippen LogP contribution is 2.46. The van der Waals surface area contributed by atoms with Crippen molar-refractivity contribution in [1.82, 2.24) is 26.4 Å². The number of nitrogens with one attached hydrogen (secondary N) is 4. The summed E-state index contributed by atoms with van der Waals surface area (Å²) in [5.41, 5.74) is 3.46. The van der Waals surface area contributed by atoms with Gasteiger partial charge in [-0.25, -0.2) is 5.43 Å². The van der Waals surface area contributed by atoms with Gasteiger partial charge in [-0.2, -0.15) is 0 Å². The number of aliphatic hydroxyl groups is 5. The Morgan fingerprint density at radius 1 is 0.947 bits per heavy atom. The summed E-state index contributed by atoms with van der Waals surface area (Å²) in [4.78, 5) is 66.8. The molecule has 3 heterocycles. The van der Waals surface area contributed by atoms with Crippen molar-refractivity contribution in [2.45, 2.75) is 194 Å². The van der Waals surface area contributed by atoms with Gasteiger partial charge in [-0.05, 0) is 100 Å². The number of hydrogen-bond acceptors (Lipinski definition) is 13. The minimum Gasteiger partial charge on any atom is -0.508 e. The van der Waals surface area contributed by atoms with Crippen LogP contribution in [0.3, 0.4) is 0 Å². The minimum absolute atomic E-state index is 0.00559. The van der Waals surface area contributed by atoms with Gasteiger partial charge in [0.25, 0.3) is 5.91 Å². The van der Waals surface area contributed by atoms with Gasteiger partial charge in [-0.1, -0.05) is 110 Å². The lowest BCUT2D eigenvalue weighted by molar-refractivity contribution is -0.267. The lowest BCUT2D eigenvalue weighted by Crippen LogP contribution is -2.71. The van der Waals surface area contributed by atoms with Crippen molar-refractivity contribution in [2.24, 2.45) is 47.3 Å². The molecule has 3 aliphatic heterocycles. The van der Waals surface area contributed by atoms with Gasteiger partial charge in [-0.3, -0.25) is 24.2 Å². The van der Waals surface area contributed by atoms with Crippen LogP contribution in [0.5, 0.6) is 5.75 Å². The van der Waals surface area contributed by atoms with E-state index in [1.165, 1.54) is 30.1 Å². The number of ether oxygens (including phenoxy) is 1. The normalized spacial score (nSPS) is 27.2. The third-order valence-corrected chi connectivity index (χ3v) is 16.3. The van der Waals surface area contributed by atoms with Gasteiger partial charge < -0.3 is 56.1 Å². The highest BCUT2D eigenvalue weighted by molar-refractivity contribution is 5.93. The van der Waals surface area contributed by atoms with E-state index >= 15 is 0 Å². The smallest absolute Gasteiger partial charge is 0.259 e. The largest absolute Gasteiger partial charge is 0.508 e. The average Bonchev–Trinajstić information content (AvgIpc) is 3.38. The summed E-state index contributed by atoms with van der Waals surface area (Å²) >= 11 is 0. The van der Waals surface area contributed by atoms with Crippen molar-refractivity contribution in [3.05, 3.63) is 77.9 Å². The first-order valence-corrected chi connectivity index (χ1v) is 27.9. The number of allylic oxidation sites excluding steroid dienone is 5. The zero-order valence-electron chi connectivity index (χ0n) is 46.9. The summed E-state index contributed by atoms with van der Waals surface area (Å²) < 4.78 is 6.68.